The molecule has 2 aromatic carbocycles. The van der Waals surface area contributed by atoms with Crippen molar-refractivity contribution in [1.82, 2.24) is 20.1 Å². The summed E-state index contributed by atoms with van der Waals surface area (Å²) >= 11 is 0. The summed E-state index contributed by atoms with van der Waals surface area (Å²) in [5.74, 6) is -1.13. The van der Waals surface area contributed by atoms with E-state index in [2.05, 4.69) is 15.4 Å². The van der Waals surface area contributed by atoms with E-state index in [0.29, 0.717) is 34.1 Å². The summed E-state index contributed by atoms with van der Waals surface area (Å²) in [6.45, 7) is 1.86. The number of aromatic nitrogens is 3. The monoisotopic (exact) mass is 468 g/mol. The molecule has 0 fully saturated rings. The number of hydrogen-bond acceptors (Lipinski definition) is 6. The number of halogens is 1. The summed E-state index contributed by atoms with van der Waals surface area (Å²) in [7, 11) is -3.57. The Morgan fingerprint density at radius 1 is 1.15 bits per heavy atom. The van der Waals surface area contributed by atoms with Crippen LogP contribution in [0.25, 0.3) is 16.6 Å². The van der Waals surface area contributed by atoms with Crippen LogP contribution in [-0.2, 0) is 9.84 Å². The summed E-state index contributed by atoms with van der Waals surface area (Å²) in [5.41, 5.74) is 2.07. The topological polar surface area (TPSA) is 114 Å². The van der Waals surface area contributed by atoms with E-state index < -0.39 is 21.8 Å². The van der Waals surface area contributed by atoms with Gasteiger partial charge in [-0.25, -0.2) is 17.5 Å². The molecule has 0 aliphatic rings. The molecular formula is C23H21FN4O4S. The zero-order valence-corrected chi connectivity index (χ0v) is 18.7. The number of pyridine rings is 1. The Hall–Kier alpha value is -3.79. The minimum absolute atomic E-state index is 0.172. The Kier molecular flexibility index (Phi) is 5.86. The van der Waals surface area contributed by atoms with Gasteiger partial charge in [-0.1, -0.05) is 13.0 Å². The van der Waals surface area contributed by atoms with Crippen molar-refractivity contribution < 1.29 is 22.7 Å². The van der Waals surface area contributed by atoms with Gasteiger partial charge in [-0.3, -0.25) is 9.78 Å². The van der Waals surface area contributed by atoms with Crippen LogP contribution in [0.4, 0.5) is 4.39 Å². The molecule has 33 heavy (non-hydrogen) atoms. The molecule has 0 radical (unpaired) electrons. The van der Waals surface area contributed by atoms with Crippen molar-refractivity contribution >= 4 is 26.6 Å². The van der Waals surface area contributed by atoms with Crippen LogP contribution in [0.3, 0.4) is 0 Å². The second-order valence-corrected chi connectivity index (χ2v) is 9.57. The quantitative estimate of drug-likeness (QED) is 0.447. The molecule has 2 N–H and O–H groups in total. The lowest BCUT2D eigenvalue weighted by molar-refractivity contribution is 0.0936. The Morgan fingerprint density at radius 3 is 2.52 bits per heavy atom. The number of aromatic hydroxyl groups is 1. The number of amides is 1. The van der Waals surface area contributed by atoms with Crippen LogP contribution < -0.4 is 5.32 Å². The highest BCUT2D eigenvalue weighted by Gasteiger charge is 2.21. The molecule has 2 heterocycles. The number of phenolic OH excluding ortho intramolecular Hbond substituents is 1. The van der Waals surface area contributed by atoms with Gasteiger partial charge in [-0.2, -0.15) is 5.10 Å². The average Bonchev–Trinajstić information content (AvgIpc) is 3.21. The molecule has 1 atom stereocenters. The first-order chi connectivity index (χ1) is 15.7. The first kappa shape index (κ1) is 22.4. The van der Waals surface area contributed by atoms with E-state index in [-0.39, 0.29) is 16.5 Å². The molecule has 4 rings (SSSR count). The second kappa shape index (κ2) is 8.62. The third-order valence-corrected chi connectivity index (χ3v) is 6.46. The molecule has 0 bridgehead atoms. The van der Waals surface area contributed by atoms with Gasteiger partial charge in [0.15, 0.2) is 9.84 Å². The van der Waals surface area contributed by atoms with Gasteiger partial charge in [0.1, 0.15) is 16.5 Å². The molecule has 0 aliphatic carbocycles. The zero-order valence-electron chi connectivity index (χ0n) is 17.9. The third kappa shape index (κ3) is 4.42. The van der Waals surface area contributed by atoms with Gasteiger partial charge in [0.05, 0.1) is 35.2 Å². The van der Waals surface area contributed by atoms with Crippen molar-refractivity contribution in [2.24, 2.45) is 0 Å². The molecule has 0 aliphatic heterocycles. The van der Waals surface area contributed by atoms with Gasteiger partial charge in [-0.05, 0) is 48.4 Å². The molecule has 0 saturated heterocycles. The van der Waals surface area contributed by atoms with Crippen molar-refractivity contribution in [2.45, 2.75) is 24.3 Å². The van der Waals surface area contributed by atoms with Crippen molar-refractivity contribution in [2.75, 3.05) is 6.26 Å². The molecule has 0 spiro atoms. The second-order valence-electron chi connectivity index (χ2n) is 7.59. The fourth-order valence-electron chi connectivity index (χ4n) is 3.63. The Bertz CT molecular complexity index is 1450. The fraction of sp³-hybridized carbons (Fsp3) is 0.174. The number of sulfone groups is 1. The Balaban J connectivity index is 1.65. The van der Waals surface area contributed by atoms with E-state index >= 15 is 0 Å². The fourth-order valence-corrected chi connectivity index (χ4v) is 4.39. The van der Waals surface area contributed by atoms with Crippen LogP contribution in [0, 0.1) is 5.82 Å². The standard InChI is InChI=1S/C23H21FN4O4S/c1-3-19(14-4-9-22(21(29)10-14)33(2,31)32)27-23(30)18-11-25-13-20-17(18)12-26-28(20)16-7-5-15(24)6-8-16/h4-13,19,29H,3H2,1-2H3,(H,27,30)/t19-/m0/s1. The minimum Gasteiger partial charge on any atom is -0.507 e. The van der Waals surface area contributed by atoms with Crippen LogP contribution in [0.2, 0.25) is 0 Å². The van der Waals surface area contributed by atoms with Crippen molar-refractivity contribution in [1.29, 1.82) is 0 Å². The largest absolute Gasteiger partial charge is 0.507 e. The smallest absolute Gasteiger partial charge is 0.254 e. The number of nitrogens with zero attached hydrogens (tertiary/aromatic N) is 3. The van der Waals surface area contributed by atoms with Crippen LogP contribution in [-0.4, -0.2) is 40.5 Å². The third-order valence-electron chi connectivity index (χ3n) is 5.31. The van der Waals surface area contributed by atoms with E-state index in [1.807, 2.05) is 6.92 Å². The average molecular weight is 469 g/mol. The number of carbonyl (C=O) groups is 1. The van der Waals surface area contributed by atoms with Crippen molar-refractivity contribution in [3.05, 3.63) is 78.0 Å². The minimum atomic E-state index is -3.57. The number of fused-ring (bicyclic) bond motifs is 1. The van der Waals surface area contributed by atoms with Gasteiger partial charge >= 0.3 is 0 Å². The lowest BCUT2D eigenvalue weighted by atomic mass is 10.0. The van der Waals surface area contributed by atoms with Gasteiger partial charge in [0.25, 0.3) is 5.91 Å². The molecule has 0 saturated carbocycles. The highest BCUT2D eigenvalue weighted by Crippen LogP contribution is 2.28. The predicted octanol–water partition coefficient (Wildman–Crippen LogP) is 3.55. The summed E-state index contributed by atoms with van der Waals surface area (Å²) in [6.07, 6.45) is 6.07. The molecule has 8 nitrogen and oxygen atoms in total. The van der Waals surface area contributed by atoms with Crippen LogP contribution >= 0.6 is 0 Å². The highest BCUT2D eigenvalue weighted by molar-refractivity contribution is 7.90. The number of carbonyl (C=O) groups excluding carboxylic acids is 1. The normalized spacial score (nSPS) is 12.6. The molecule has 1 amide bonds. The molecule has 0 unspecified atom stereocenters. The van der Waals surface area contributed by atoms with Crippen LogP contribution in [0.5, 0.6) is 5.75 Å². The SMILES string of the molecule is CC[C@H](NC(=O)c1cncc2c1cnn2-c1ccc(F)cc1)c1ccc(S(C)(=O)=O)c(O)c1. The first-order valence-corrected chi connectivity index (χ1v) is 12.0. The summed E-state index contributed by atoms with van der Waals surface area (Å²) in [5, 5.41) is 18.0. The maximum atomic E-state index is 13.3. The first-order valence-electron chi connectivity index (χ1n) is 10.1. The van der Waals surface area contributed by atoms with E-state index in [1.165, 1.54) is 30.5 Å². The lowest BCUT2D eigenvalue weighted by Gasteiger charge is -2.18. The number of rotatable bonds is 6. The summed E-state index contributed by atoms with van der Waals surface area (Å²) in [6, 6.07) is 9.56. The Morgan fingerprint density at radius 2 is 1.88 bits per heavy atom. The van der Waals surface area contributed by atoms with Crippen LogP contribution in [0.15, 0.2) is 66.0 Å². The van der Waals surface area contributed by atoms with Gasteiger partial charge in [0, 0.05) is 17.8 Å². The van der Waals surface area contributed by atoms with E-state index in [4.69, 9.17) is 0 Å². The number of nitrogens with one attached hydrogen (secondary N) is 1. The van der Waals surface area contributed by atoms with Crippen LogP contribution in [0.1, 0.15) is 35.3 Å². The zero-order chi connectivity index (χ0) is 23.8. The van der Waals surface area contributed by atoms with E-state index in [9.17, 15) is 22.7 Å². The summed E-state index contributed by atoms with van der Waals surface area (Å²) < 4.78 is 38.3. The van der Waals surface area contributed by atoms with Crippen molar-refractivity contribution in [3.63, 3.8) is 0 Å². The maximum absolute atomic E-state index is 13.3. The van der Waals surface area contributed by atoms with E-state index in [0.717, 1.165) is 6.26 Å². The maximum Gasteiger partial charge on any atom is 0.254 e. The molecule has 10 heteroatoms. The van der Waals surface area contributed by atoms with Gasteiger partial charge < -0.3 is 10.4 Å². The molecule has 170 valence electrons. The van der Waals surface area contributed by atoms with Crippen molar-refractivity contribution in [3.8, 4) is 11.4 Å². The lowest BCUT2D eigenvalue weighted by Crippen LogP contribution is -2.28. The highest BCUT2D eigenvalue weighted by atomic mass is 32.2. The number of benzene rings is 2. The van der Waals surface area contributed by atoms with Gasteiger partial charge in [-0.15, -0.1) is 0 Å². The van der Waals surface area contributed by atoms with Gasteiger partial charge in [0.2, 0.25) is 0 Å². The predicted molar refractivity (Wildman–Crippen MR) is 121 cm³/mol. The molecular weight excluding hydrogens is 447 g/mol. The molecule has 4 aromatic rings. The molecule has 2 aromatic heterocycles. The Labute approximate surface area is 189 Å². The number of hydrogen-bond donors (Lipinski definition) is 2. The summed E-state index contributed by atoms with van der Waals surface area (Å²) in [4.78, 5) is 17.1. The van der Waals surface area contributed by atoms with E-state index in [1.54, 1.807) is 35.3 Å². The number of phenols is 1.